The fourth-order valence-electron chi connectivity index (χ4n) is 4.95. The molecule has 0 unspecified atom stereocenters. The minimum absolute atomic E-state index is 0.0567. The van der Waals surface area contributed by atoms with Crippen LogP contribution >= 0.6 is 0 Å². The Morgan fingerprint density at radius 2 is 1.97 bits per heavy atom. The Morgan fingerprint density at radius 1 is 1.24 bits per heavy atom. The molecule has 3 N–H and O–H groups in total. The molecule has 12 heteroatoms. The van der Waals surface area contributed by atoms with Crippen molar-refractivity contribution in [3.63, 3.8) is 0 Å². The van der Waals surface area contributed by atoms with Gasteiger partial charge in [0.15, 0.2) is 6.73 Å². The van der Waals surface area contributed by atoms with Crippen molar-refractivity contribution in [1.82, 2.24) is 15.1 Å². The first-order chi connectivity index (χ1) is 18.1. The number of halogens is 4. The molecular weight excluding hydrogens is 506 g/mol. The van der Waals surface area contributed by atoms with Crippen LogP contribution < -0.4 is 15.8 Å². The molecule has 0 spiro atoms. The number of hydrogen-bond donors (Lipinski definition) is 2. The standard InChI is InChI=1S/C26H33F4N5O3/c1-16(17(2)35-12-18-11-19(26(28,29)30)3-4-23(18)38-15-35)24(32-14-31)25(36)34-8-5-20(6-9-34)33-22-7-10-37-13-21(22)27/h3-4,11,14,20-22,33H,2,5-10,12-13,15H2,1H3,(H2,31,32)/b24-16-/t21-,22+/m0/s1. The van der Waals surface area contributed by atoms with Crippen LogP contribution in [-0.4, -0.2) is 73.3 Å². The number of aliphatic imine (C=N–C) groups is 1. The van der Waals surface area contributed by atoms with Crippen molar-refractivity contribution >= 4 is 12.2 Å². The van der Waals surface area contributed by atoms with Gasteiger partial charge in [0.05, 0.1) is 18.5 Å². The van der Waals surface area contributed by atoms with Gasteiger partial charge in [0.2, 0.25) is 0 Å². The minimum Gasteiger partial charge on any atom is -0.473 e. The summed E-state index contributed by atoms with van der Waals surface area (Å²) in [6, 6.07) is 3.20. The highest BCUT2D eigenvalue weighted by Gasteiger charge is 2.33. The first-order valence-corrected chi connectivity index (χ1v) is 12.6. The van der Waals surface area contributed by atoms with Gasteiger partial charge in [-0.05, 0) is 44.4 Å². The number of carbonyl (C=O) groups excluding carboxylic acids is 1. The molecule has 3 heterocycles. The lowest BCUT2D eigenvalue weighted by molar-refractivity contribution is -0.137. The SMILES string of the molecule is C=C(/C(C)=C(\N=C/N)C(=O)N1CCC(N[C@@H]2CCOC[C@@H]2F)CC1)N1COc2ccc(C(F)(F)F)cc2C1. The number of likely N-dealkylation sites (tertiary alicyclic amines) is 1. The van der Waals surface area contributed by atoms with Crippen LogP contribution in [0.15, 0.2) is 46.7 Å². The molecule has 0 bridgehead atoms. The molecule has 8 nitrogen and oxygen atoms in total. The van der Waals surface area contributed by atoms with Gasteiger partial charge >= 0.3 is 6.18 Å². The number of hydrogen-bond acceptors (Lipinski definition) is 6. The number of benzene rings is 1. The summed E-state index contributed by atoms with van der Waals surface area (Å²) in [4.78, 5) is 20.8. The van der Waals surface area contributed by atoms with Crippen LogP contribution in [0.1, 0.15) is 37.3 Å². The van der Waals surface area contributed by atoms with Crippen molar-refractivity contribution in [2.45, 2.75) is 57.2 Å². The van der Waals surface area contributed by atoms with E-state index in [2.05, 4.69) is 16.9 Å². The van der Waals surface area contributed by atoms with Gasteiger partial charge in [-0.3, -0.25) is 4.79 Å². The largest absolute Gasteiger partial charge is 0.473 e. The van der Waals surface area contributed by atoms with E-state index in [4.69, 9.17) is 15.2 Å². The average molecular weight is 540 g/mol. The smallest absolute Gasteiger partial charge is 0.416 e. The predicted octanol–water partition coefficient (Wildman–Crippen LogP) is 3.34. The van der Waals surface area contributed by atoms with Crippen LogP contribution in [0.5, 0.6) is 5.75 Å². The summed E-state index contributed by atoms with van der Waals surface area (Å²) in [7, 11) is 0. The molecular formula is C26H33F4N5O3. The summed E-state index contributed by atoms with van der Waals surface area (Å²) in [5.41, 5.74) is 6.09. The van der Waals surface area contributed by atoms with Gasteiger partial charge in [0, 0.05) is 55.2 Å². The molecule has 1 amide bonds. The van der Waals surface area contributed by atoms with E-state index in [9.17, 15) is 22.4 Å². The molecule has 2 atom stereocenters. The average Bonchev–Trinajstić information content (AvgIpc) is 2.91. The van der Waals surface area contributed by atoms with Crippen LogP contribution in [0, 0.1) is 0 Å². The van der Waals surface area contributed by atoms with Gasteiger partial charge in [-0.2, -0.15) is 13.2 Å². The van der Waals surface area contributed by atoms with E-state index in [1.54, 1.807) is 16.7 Å². The van der Waals surface area contributed by atoms with E-state index >= 15 is 0 Å². The summed E-state index contributed by atoms with van der Waals surface area (Å²) in [5.74, 6) is 0.0483. The summed E-state index contributed by atoms with van der Waals surface area (Å²) in [5, 5.41) is 3.37. The lowest BCUT2D eigenvalue weighted by Crippen LogP contribution is -2.52. The number of amides is 1. The van der Waals surface area contributed by atoms with Crippen molar-refractivity contribution in [3.05, 3.63) is 52.9 Å². The van der Waals surface area contributed by atoms with Crippen molar-refractivity contribution in [2.24, 2.45) is 10.7 Å². The van der Waals surface area contributed by atoms with Crippen molar-refractivity contribution < 1.29 is 31.8 Å². The lowest BCUT2D eigenvalue weighted by Gasteiger charge is -2.37. The number of alkyl halides is 4. The first kappa shape index (κ1) is 27.9. The fourth-order valence-corrected chi connectivity index (χ4v) is 4.95. The Hall–Kier alpha value is -3.12. The first-order valence-electron chi connectivity index (χ1n) is 12.6. The highest BCUT2D eigenvalue weighted by atomic mass is 19.4. The number of nitrogens with zero attached hydrogens (tertiary/aromatic N) is 3. The molecule has 208 valence electrons. The Balaban J connectivity index is 1.42. The van der Waals surface area contributed by atoms with Crippen LogP contribution in [-0.2, 0) is 22.3 Å². The Bertz CT molecular complexity index is 1100. The number of carbonyl (C=O) groups is 1. The summed E-state index contributed by atoms with van der Waals surface area (Å²) in [6.07, 6.45) is -2.55. The topological polar surface area (TPSA) is 92.4 Å². The van der Waals surface area contributed by atoms with E-state index < -0.39 is 17.9 Å². The van der Waals surface area contributed by atoms with Gasteiger partial charge in [-0.15, -0.1) is 0 Å². The zero-order valence-electron chi connectivity index (χ0n) is 21.3. The highest BCUT2D eigenvalue weighted by Crippen LogP contribution is 2.36. The van der Waals surface area contributed by atoms with Crippen molar-refractivity contribution in [3.8, 4) is 5.75 Å². The zero-order chi connectivity index (χ0) is 27.4. The number of fused-ring (bicyclic) bond motifs is 1. The number of rotatable bonds is 6. The number of allylic oxidation sites excluding steroid dienone is 1. The third kappa shape index (κ3) is 6.29. The Kier molecular flexibility index (Phi) is 8.61. The molecule has 4 rings (SSSR count). The number of ether oxygens (including phenoxy) is 2. The molecule has 38 heavy (non-hydrogen) atoms. The molecule has 2 saturated heterocycles. The molecule has 2 fully saturated rings. The van der Waals surface area contributed by atoms with Crippen LogP contribution in [0.3, 0.4) is 0 Å². The third-order valence-electron chi connectivity index (χ3n) is 7.22. The van der Waals surface area contributed by atoms with E-state index in [1.807, 2.05) is 0 Å². The maximum atomic E-state index is 14.1. The quantitative estimate of drug-likeness (QED) is 0.190. The summed E-state index contributed by atoms with van der Waals surface area (Å²) >= 11 is 0. The Morgan fingerprint density at radius 3 is 2.63 bits per heavy atom. The second-order valence-corrected chi connectivity index (χ2v) is 9.71. The fraction of sp³-hybridized carbons (Fsp3) is 0.538. The number of piperidine rings is 1. The molecule has 3 aliphatic heterocycles. The number of nitrogens with two attached hydrogens (primary N) is 1. The third-order valence-corrected chi connectivity index (χ3v) is 7.22. The van der Waals surface area contributed by atoms with Gasteiger partial charge in [-0.25, -0.2) is 9.38 Å². The second kappa shape index (κ2) is 11.7. The molecule has 3 aliphatic rings. The van der Waals surface area contributed by atoms with Crippen molar-refractivity contribution in [1.29, 1.82) is 0 Å². The minimum atomic E-state index is -4.47. The molecule has 0 saturated carbocycles. The molecule has 0 radical (unpaired) electrons. The van der Waals surface area contributed by atoms with Crippen molar-refractivity contribution in [2.75, 3.05) is 33.0 Å². The normalized spacial score (nSPS) is 23.6. The molecule has 0 aromatic heterocycles. The van der Waals surface area contributed by atoms with Gasteiger partial charge < -0.3 is 30.3 Å². The summed E-state index contributed by atoms with van der Waals surface area (Å²) in [6.45, 7) is 7.46. The molecule has 1 aromatic carbocycles. The monoisotopic (exact) mass is 539 g/mol. The van der Waals surface area contributed by atoms with E-state index in [-0.39, 0.29) is 43.6 Å². The zero-order valence-corrected chi connectivity index (χ0v) is 21.3. The van der Waals surface area contributed by atoms with Crippen LogP contribution in [0.4, 0.5) is 17.6 Å². The maximum absolute atomic E-state index is 14.1. The van der Waals surface area contributed by atoms with E-state index in [1.165, 1.54) is 6.07 Å². The van der Waals surface area contributed by atoms with E-state index in [0.717, 1.165) is 18.5 Å². The van der Waals surface area contributed by atoms with Crippen LogP contribution in [0.2, 0.25) is 0 Å². The number of nitrogens with one attached hydrogen (secondary N) is 1. The van der Waals surface area contributed by atoms with Gasteiger partial charge in [0.25, 0.3) is 5.91 Å². The maximum Gasteiger partial charge on any atom is 0.416 e. The summed E-state index contributed by atoms with van der Waals surface area (Å²) < 4.78 is 64.5. The highest BCUT2D eigenvalue weighted by molar-refractivity contribution is 5.95. The molecule has 1 aromatic rings. The molecule has 0 aliphatic carbocycles. The second-order valence-electron chi connectivity index (χ2n) is 9.71. The Labute approximate surface area is 219 Å². The lowest BCUT2D eigenvalue weighted by atomic mass is 10.00. The predicted molar refractivity (Wildman–Crippen MR) is 134 cm³/mol. The van der Waals surface area contributed by atoms with Crippen LogP contribution in [0.25, 0.3) is 0 Å². The van der Waals surface area contributed by atoms with Gasteiger partial charge in [-0.1, -0.05) is 6.58 Å². The van der Waals surface area contributed by atoms with E-state index in [0.29, 0.717) is 61.5 Å². The van der Waals surface area contributed by atoms with Gasteiger partial charge in [0.1, 0.15) is 17.6 Å².